The lowest BCUT2D eigenvalue weighted by Gasteiger charge is -2.03. The highest BCUT2D eigenvalue weighted by Crippen LogP contribution is 2.32. The number of amides is 1. The molecule has 0 bridgehead atoms. The van der Waals surface area contributed by atoms with Crippen LogP contribution in [-0.2, 0) is 0 Å². The number of nitrogens with one attached hydrogen (secondary N) is 1. The fourth-order valence-electron chi connectivity index (χ4n) is 2.47. The second-order valence-electron chi connectivity index (χ2n) is 5.78. The Morgan fingerprint density at radius 1 is 1.24 bits per heavy atom. The molecule has 1 amide bonds. The molecule has 0 unspecified atom stereocenters. The summed E-state index contributed by atoms with van der Waals surface area (Å²) < 4.78 is 10.9. The third-order valence-corrected chi connectivity index (χ3v) is 4.15. The van der Waals surface area contributed by atoms with E-state index in [1.165, 1.54) is 24.4 Å². The minimum absolute atomic E-state index is 0.107. The molecule has 1 aromatic heterocycles. The first kappa shape index (κ1) is 20.1. The molecule has 0 fully saturated rings. The number of carbonyl (C=O) groups excluding carboxylic acids is 1. The monoisotopic (exact) mass is 413 g/mol. The number of furan rings is 1. The molecule has 29 heavy (non-hydrogen) atoms. The predicted octanol–water partition coefficient (Wildman–Crippen LogP) is 4.67. The number of hydrogen-bond acceptors (Lipinski definition) is 6. The standard InChI is InChI=1S/C20H16ClN3O5/c1-2-28-15-6-3-13(4-7-15)20(25)23-22-12-16-8-10-19(29-16)17-9-5-14(24(26)27)11-18(17)21/h3-12H,2H2,1H3,(H,23,25)/b22-12-. The van der Waals surface area contributed by atoms with E-state index in [4.69, 9.17) is 20.8 Å². The van der Waals surface area contributed by atoms with Crippen LogP contribution < -0.4 is 10.2 Å². The Morgan fingerprint density at radius 2 is 2.00 bits per heavy atom. The Morgan fingerprint density at radius 3 is 2.66 bits per heavy atom. The quantitative estimate of drug-likeness (QED) is 0.344. The number of nitrogens with zero attached hydrogens (tertiary/aromatic N) is 2. The highest BCUT2D eigenvalue weighted by atomic mass is 35.5. The van der Waals surface area contributed by atoms with Crippen LogP contribution >= 0.6 is 11.6 Å². The molecule has 0 aliphatic heterocycles. The van der Waals surface area contributed by atoms with E-state index >= 15 is 0 Å². The lowest BCUT2D eigenvalue weighted by molar-refractivity contribution is -0.384. The van der Waals surface area contributed by atoms with Crippen molar-refractivity contribution in [2.45, 2.75) is 6.92 Å². The van der Waals surface area contributed by atoms with Crippen molar-refractivity contribution in [2.75, 3.05) is 6.61 Å². The number of ether oxygens (including phenoxy) is 1. The van der Waals surface area contributed by atoms with Gasteiger partial charge in [-0.25, -0.2) is 5.43 Å². The summed E-state index contributed by atoms with van der Waals surface area (Å²) in [5.74, 6) is 1.10. The summed E-state index contributed by atoms with van der Waals surface area (Å²) >= 11 is 6.10. The Bertz CT molecular complexity index is 1060. The predicted molar refractivity (Wildman–Crippen MR) is 108 cm³/mol. The Balaban J connectivity index is 1.64. The van der Waals surface area contributed by atoms with Crippen LogP contribution in [0.5, 0.6) is 5.75 Å². The molecule has 0 spiro atoms. The molecule has 0 saturated heterocycles. The molecule has 3 aromatic rings. The van der Waals surface area contributed by atoms with Crippen LogP contribution in [0.3, 0.4) is 0 Å². The molecular formula is C20H16ClN3O5. The van der Waals surface area contributed by atoms with Crippen LogP contribution in [0.2, 0.25) is 5.02 Å². The number of halogens is 1. The Kier molecular flexibility index (Phi) is 6.25. The van der Waals surface area contributed by atoms with Crippen LogP contribution in [0, 0.1) is 10.1 Å². The number of nitro benzene ring substituents is 1. The van der Waals surface area contributed by atoms with Crippen molar-refractivity contribution in [3.63, 3.8) is 0 Å². The number of carbonyl (C=O) groups is 1. The highest BCUT2D eigenvalue weighted by Gasteiger charge is 2.13. The topological polar surface area (TPSA) is 107 Å². The molecule has 148 valence electrons. The number of nitro groups is 1. The molecule has 2 aromatic carbocycles. The first-order valence-electron chi connectivity index (χ1n) is 8.58. The number of hydrazone groups is 1. The van der Waals surface area contributed by atoms with Crippen LogP contribution in [0.25, 0.3) is 11.3 Å². The average Bonchev–Trinajstić information content (AvgIpc) is 3.17. The molecule has 0 saturated carbocycles. The van der Waals surface area contributed by atoms with Crippen molar-refractivity contribution in [1.82, 2.24) is 5.43 Å². The molecule has 9 heteroatoms. The van der Waals surface area contributed by atoms with Gasteiger partial charge in [-0.3, -0.25) is 14.9 Å². The van der Waals surface area contributed by atoms with E-state index in [0.717, 1.165) is 0 Å². The molecular weight excluding hydrogens is 398 g/mol. The Hall–Kier alpha value is -3.65. The van der Waals surface area contributed by atoms with Gasteiger partial charge in [-0.2, -0.15) is 5.10 Å². The smallest absolute Gasteiger partial charge is 0.271 e. The highest BCUT2D eigenvalue weighted by molar-refractivity contribution is 6.33. The maximum Gasteiger partial charge on any atom is 0.271 e. The largest absolute Gasteiger partial charge is 0.494 e. The Labute approximate surface area is 170 Å². The number of benzene rings is 2. The molecule has 0 atom stereocenters. The first-order chi connectivity index (χ1) is 14.0. The van der Waals surface area contributed by atoms with Gasteiger partial charge in [-0.1, -0.05) is 11.6 Å². The SMILES string of the molecule is CCOc1ccc(C(=O)N/N=C\c2ccc(-c3ccc([N+](=O)[O-])cc3Cl)o2)cc1. The zero-order chi connectivity index (χ0) is 20.8. The van der Waals surface area contributed by atoms with E-state index in [-0.39, 0.29) is 16.6 Å². The summed E-state index contributed by atoms with van der Waals surface area (Å²) in [6, 6.07) is 14.1. The third kappa shape index (κ3) is 4.99. The van der Waals surface area contributed by atoms with E-state index in [2.05, 4.69) is 10.5 Å². The second kappa shape index (κ2) is 9.03. The van der Waals surface area contributed by atoms with E-state index in [9.17, 15) is 14.9 Å². The fourth-order valence-corrected chi connectivity index (χ4v) is 2.74. The van der Waals surface area contributed by atoms with E-state index in [1.807, 2.05) is 6.92 Å². The van der Waals surface area contributed by atoms with E-state index < -0.39 is 4.92 Å². The maximum atomic E-state index is 12.1. The molecule has 0 radical (unpaired) electrons. The molecule has 0 aliphatic carbocycles. The summed E-state index contributed by atoms with van der Waals surface area (Å²) in [6.45, 7) is 2.43. The van der Waals surface area contributed by atoms with Crippen LogP contribution in [0.1, 0.15) is 23.0 Å². The molecule has 0 aliphatic rings. The van der Waals surface area contributed by atoms with Gasteiger partial charge < -0.3 is 9.15 Å². The number of non-ortho nitro benzene ring substituents is 1. The van der Waals surface area contributed by atoms with Gasteiger partial charge in [-0.05, 0) is 49.4 Å². The lowest BCUT2D eigenvalue weighted by Crippen LogP contribution is -2.17. The summed E-state index contributed by atoms with van der Waals surface area (Å²) in [5.41, 5.74) is 3.24. The van der Waals surface area contributed by atoms with Gasteiger partial charge in [0, 0.05) is 23.3 Å². The van der Waals surface area contributed by atoms with Crippen LogP contribution in [0.4, 0.5) is 5.69 Å². The minimum atomic E-state index is -0.525. The molecule has 3 rings (SSSR count). The molecule has 1 heterocycles. The summed E-state index contributed by atoms with van der Waals surface area (Å²) in [7, 11) is 0. The number of rotatable bonds is 7. The summed E-state index contributed by atoms with van der Waals surface area (Å²) in [6.07, 6.45) is 1.34. The second-order valence-corrected chi connectivity index (χ2v) is 6.19. The lowest BCUT2D eigenvalue weighted by atomic mass is 10.1. The fraction of sp³-hybridized carbons (Fsp3) is 0.100. The van der Waals surface area contributed by atoms with Gasteiger partial charge >= 0.3 is 0 Å². The van der Waals surface area contributed by atoms with Crippen molar-refractivity contribution in [3.8, 4) is 17.1 Å². The number of hydrogen-bond donors (Lipinski definition) is 1. The minimum Gasteiger partial charge on any atom is -0.494 e. The summed E-state index contributed by atoms with van der Waals surface area (Å²) in [5, 5.41) is 14.9. The van der Waals surface area contributed by atoms with Crippen molar-refractivity contribution in [2.24, 2.45) is 5.10 Å². The van der Waals surface area contributed by atoms with Crippen LogP contribution in [0.15, 0.2) is 64.1 Å². The first-order valence-corrected chi connectivity index (χ1v) is 8.96. The van der Waals surface area contributed by atoms with Gasteiger partial charge in [0.25, 0.3) is 11.6 Å². The third-order valence-electron chi connectivity index (χ3n) is 3.84. The van der Waals surface area contributed by atoms with Crippen molar-refractivity contribution in [1.29, 1.82) is 0 Å². The van der Waals surface area contributed by atoms with Gasteiger partial charge in [0.2, 0.25) is 0 Å². The molecule has 1 N–H and O–H groups in total. The van der Waals surface area contributed by atoms with Crippen molar-refractivity contribution in [3.05, 3.63) is 81.1 Å². The zero-order valence-electron chi connectivity index (χ0n) is 15.3. The normalized spacial score (nSPS) is 10.8. The van der Waals surface area contributed by atoms with E-state index in [0.29, 0.717) is 35.0 Å². The van der Waals surface area contributed by atoms with Gasteiger partial charge in [0.1, 0.15) is 17.3 Å². The van der Waals surface area contributed by atoms with Crippen molar-refractivity contribution >= 4 is 29.4 Å². The molecule has 8 nitrogen and oxygen atoms in total. The van der Waals surface area contributed by atoms with Gasteiger partial charge in [-0.15, -0.1) is 0 Å². The van der Waals surface area contributed by atoms with Gasteiger partial charge in [0.15, 0.2) is 0 Å². The van der Waals surface area contributed by atoms with Crippen LogP contribution in [-0.4, -0.2) is 23.7 Å². The zero-order valence-corrected chi connectivity index (χ0v) is 16.1. The van der Waals surface area contributed by atoms with Crippen molar-refractivity contribution < 1.29 is 18.9 Å². The van der Waals surface area contributed by atoms with E-state index in [1.54, 1.807) is 36.4 Å². The maximum absolute atomic E-state index is 12.1. The average molecular weight is 414 g/mol. The van der Waals surface area contributed by atoms with Gasteiger partial charge in [0.05, 0.1) is 22.8 Å². The summed E-state index contributed by atoms with van der Waals surface area (Å²) in [4.78, 5) is 22.4.